The number of carbonyl (C=O) groups excluding carboxylic acids is 1. The Morgan fingerprint density at radius 3 is 2.67 bits per heavy atom. The molecule has 4 fully saturated rings. The Hall–Kier alpha value is -2.53. The minimum Gasteiger partial charge on any atom is -0.461 e. The molecule has 4 aliphatic rings. The number of amides is 1. The molecule has 4 aliphatic heterocycles. The first-order chi connectivity index (χ1) is 18.9. The maximum Gasteiger partial charge on any atom is 0.410 e. The van der Waals surface area contributed by atoms with Crippen LogP contribution < -0.4 is 9.64 Å². The average molecular weight is 579 g/mol. The molecule has 0 aromatic carbocycles. The first-order valence-corrected chi connectivity index (χ1v) is 14.6. The van der Waals surface area contributed by atoms with Gasteiger partial charge in [-0.1, -0.05) is 11.6 Å². The molecule has 6 rings (SSSR count). The highest BCUT2D eigenvalue weighted by molar-refractivity contribution is 6.30. The van der Waals surface area contributed by atoms with Crippen molar-refractivity contribution in [3.05, 3.63) is 17.2 Å². The lowest BCUT2D eigenvalue weighted by Gasteiger charge is -2.42. The fourth-order valence-electron chi connectivity index (χ4n) is 7.23. The van der Waals surface area contributed by atoms with E-state index in [1.807, 2.05) is 37.6 Å². The number of rotatable bonds is 5. The third kappa shape index (κ3) is 4.93. The molecule has 2 unspecified atom stereocenters. The summed E-state index contributed by atoms with van der Waals surface area (Å²) < 4.78 is 41.3. The van der Waals surface area contributed by atoms with Gasteiger partial charge in [0.25, 0.3) is 0 Å². The summed E-state index contributed by atoms with van der Waals surface area (Å²) in [5.41, 5.74) is -0.903. The summed E-state index contributed by atoms with van der Waals surface area (Å²) >= 11 is 6.03. The Morgan fingerprint density at radius 1 is 1.25 bits per heavy atom. The smallest absolute Gasteiger partial charge is 0.410 e. The Bertz CT molecular complexity index is 1300. The van der Waals surface area contributed by atoms with Crippen LogP contribution in [0.25, 0.3) is 10.9 Å². The van der Waals surface area contributed by atoms with Crippen LogP contribution in [-0.4, -0.2) is 93.0 Å². The van der Waals surface area contributed by atoms with E-state index in [9.17, 15) is 9.18 Å². The van der Waals surface area contributed by atoms with Crippen LogP contribution in [0.5, 0.6) is 6.01 Å². The lowest BCUT2D eigenvalue weighted by atomic mass is 9.95. The molecule has 4 saturated heterocycles. The van der Waals surface area contributed by atoms with Crippen molar-refractivity contribution in [2.75, 3.05) is 31.6 Å². The van der Waals surface area contributed by atoms with E-state index in [1.54, 1.807) is 0 Å². The van der Waals surface area contributed by atoms with Gasteiger partial charge in [-0.3, -0.25) is 4.90 Å². The maximum atomic E-state index is 15.2. The van der Waals surface area contributed by atoms with Gasteiger partial charge in [0.15, 0.2) is 11.0 Å². The summed E-state index contributed by atoms with van der Waals surface area (Å²) in [5, 5.41) is 0.162. The number of anilines is 1. The van der Waals surface area contributed by atoms with E-state index in [2.05, 4.69) is 14.9 Å². The largest absolute Gasteiger partial charge is 0.461 e. The zero-order valence-electron chi connectivity index (χ0n) is 23.5. The van der Waals surface area contributed by atoms with Crippen molar-refractivity contribution in [2.45, 2.75) is 101 Å². The molecule has 218 valence electrons. The van der Waals surface area contributed by atoms with Crippen molar-refractivity contribution in [3.8, 4) is 6.01 Å². The minimum atomic E-state index is -0.882. The van der Waals surface area contributed by atoms with Crippen LogP contribution in [0.4, 0.5) is 19.4 Å². The van der Waals surface area contributed by atoms with E-state index < -0.39 is 17.6 Å². The number of nitrogens with zero attached hydrogens (tertiary/aromatic N) is 6. The number of halogens is 3. The first kappa shape index (κ1) is 27.6. The second-order valence-corrected chi connectivity index (χ2v) is 13.2. The molecule has 2 bridgehead atoms. The summed E-state index contributed by atoms with van der Waals surface area (Å²) in [5.74, 6) is -0.236. The highest BCUT2D eigenvalue weighted by atomic mass is 35.5. The highest BCUT2D eigenvalue weighted by Crippen LogP contribution is 2.42. The van der Waals surface area contributed by atoms with Crippen LogP contribution in [0.1, 0.15) is 65.7 Å². The normalized spacial score (nSPS) is 30.1. The summed E-state index contributed by atoms with van der Waals surface area (Å²) in [6.45, 7) is 7.12. The van der Waals surface area contributed by atoms with Crippen molar-refractivity contribution in [1.29, 1.82) is 0 Å². The van der Waals surface area contributed by atoms with Gasteiger partial charge in [-0.05, 0) is 65.8 Å². The Kier molecular flexibility index (Phi) is 6.96. The molecule has 2 aromatic rings. The van der Waals surface area contributed by atoms with Gasteiger partial charge >= 0.3 is 12.1 Å². The SMILES string of the molecule is CN(c1nc(OC[C@@]23CCCN2C[C@H](F)C3)nc2c(F)c(Cl)ncc12)C1CC2CCC(C1)N2C(=O)OC(C)(C)C. The number of aromatic nitrogens is 3. The van der Waals surface area contributed by atoms with Crippen molar-refractivity contribution in [1.82, 2.24) is 24.8 Å². The van der Waals surface area contributed by atoms with Crippen molar-refractivity contribution in [3.63, 3.8) is 0 Å². The molecule has 12 heteroatoms. The third-order valence-electron chi connectivity index (χ3n) is 9.03. The van der Waals surface area contributed by atoms with Crippen LogP contribution in [0.3, 0.4) is 0 Å². The van der Waals surface area contributed by atoms with E-state index >= 15 is 4.39 Å². The van der Waals surface area contributed by atoms with Gasteiger partial charge in [0.05, 0.1) is 10.9 Å². The molecule has 40 heavy (non-hydrogen) atoms. The van der Waals surface area contributed by atoms with Crippen LogP contribution in [0.2, 0.25) is 5.15 Å². The first-order valence-electron chi connectivity index (χ1n) is 14.2. The van der Waals surface area contributed by atoms with E-state index in [0.29, 0.717) is 24.2 Å². The van der Waals surface area contributed by atoms with Crippen LogP contribution in [-0.2, 0) is 4.74 Å². The van der Waals surface area contributed by atoms with Gasteiger partial charge < -0.3 is 19.3 Å². The number of alkyl halides is 1. The molecule has 4 atom stereocenters. The molecule has 9 nitrogen and oxygen atoms in total. The van der Waals surface area contributed by atoms with Gasteiger partial charge in [0, 0.05) is 44.3 Å². The molecule has 6 heterocycles. The molecular weight excluding hydrogens is 542 g/mol. The second kappa shape index (κ2) is 10.1. The predicted octanol–water partition coefficient (Wildman–Crippen LogP) is 5.14. The monoisotopic (exact) mass is 578 g/mol. The number of carbonyl (C=O) groups is 1. The zero-order chi connectivity index (χ0) is 28.4. The number of pyridine rings is 1. The average Bonchev–Trinajstić information content (AvgIpc) is 3.50. The van der Waals surface area contributed by atoms with Gasteiger partial charge in [-0.2, -0.15) is 9.97 Å². The standard InChI is InChI=1S/C28H37ClF2N6O3/c1-27(2,3)40-26(38)37-17-6-7-18(37)11-19(10-17)35(4)24-20-13-32-23(29)21(31)22(20)33-25(34-24)39-15-28-8-5-9-36(28)14-16(30)12-28/h13,16-19H,5-12,14-15H2,1-4H3/t16-,17?,18?,19?,28+/m1/s1. The minimum absolute atomic E-state index is 0.0354. The highest BCUT2D eigenvalue weighted by Gasteiger charge is 2.50. The fraction of sp³-hybridized carbons (Fsp3) is 0.714. The number of hydrogen-bond acceptors (Lipinski definition) is 8. The number of piperidine rings is 1. The molecule has 0 N–H and O–H groups in total. The number of fused-ring (bicyclic) bond motifs is 4. The molecule has 1 amide bonds. The van der Waals surface area contributed by atoms with Crippen LogP contribution in [0.15, 0.2) is 6.20 Å². The molecule has 0 spiro atoms. The lowest BCUT2D eigenvalue weighted by Crippen LogP contribution is -2.53. The topological polar surface area (TPSA) is 83.9 Å². The Labute approximate surface area is 238 Å². The zero-order valence-corrected chi connectivity index (χ0v) is 24.3. The van der Waals surface area contributed by atoms with Gasteiger partial charge in [0.1, 0.15) is 29.7 Å². The number of ether oxygens (including phenoxy) is 2. The molecule has 0 saturated carbocycles. The van der Waals surface area contributed by atoms with E-state index in [-0.39, 0.29) is 53.0 Å². The summed E-state index contributed by atoms with van der Waals surface area (Å²) in [6.07, 6.45) is 5.86. The van der Waals surface area contributed by atoms with Crippen molar-refractivity contribution >= 4 is 34.4 Å². The van der Waals surface area contributed by atoms with Crippen molar-refractivity contribution < 1.29 is 23.0 Å². The third-order valence-corrected chi connectivity index (χ3v) is 9.29. The van der Waals surface area contributed by atoms with E-state index in [4.69, 9.17) is 26.1 Å². The van der Waals surface area contributed by atoms with Crippen LogP contribution in [0, 0.1) is 5.82 Å². The van der Waals surface area contributed by atoms with Gasteiger partial charge in [-0.15, -0.1) is 0 Å². The quantitative estimate of drug-likeness (QED) is 0.451. The van der Waals surface area contributed by atoms with Crippen molar-refractivity contribution in [2.24, 2.45) is 0 Å². The summed E-state index contributed by atoms with van der Waals surface area (Å²) in [6, 6.07) is 0.190. The van der Waals surface area contributed by atoms with E-state index in [1.165, 1.54) is 6.20 Å². The fourth-order valence-corrected chi connectivity index (χ4v) is 7.37. The lowest BCUT2D eigenvalue weighted by molar-refractivity contribution is 0.00597. The van der Waals surface area contributed by atoms with E-state index in [0.717, 1.165) is 45.1 Å². The molecule has 0 aliphatic carbocycles. The van der Waals surface area contributed by atoms with Gasteiger partial charge in [0.2, 0.25) is 0 Å². The van der Waals surface area contributed by atoms with Crippen LogP contribution >= 0.6 is 11.6 Å². The summed E-state index contributed by atoms with van der Waals surface area (Å²) in [4.78, 5) is 32.2. The molecular formula is C28H37ClF2N6O3. The summed E-state index contributed by atoms with van der Waals surface area (Å²) in [7, 11) is 1.92. The Morgan fingerprint density at radius 2 is 1.98 bits per heavy atom. The molecule has 2 aromatic heterocycles. The van der Waals surface area contributed by atoms with Gasteiger partial charge in [-0.25, -0.2) is 18.6 Å². The maximum absolute atomic E-state index is 15.2. The second-order valence-electron chi connectivity index (χ2n) is 12.8. The predicted molar refractivity (Wildman–Crippen MR) is 147 cm³/mol. The molecule has 0 radical (unpaired) electrons. The Balaban J connectivity index is 1.27. The number of hydrogen-bond donors (Lipinski definition) is 0.